The molecular formula is C10H14BrNO. The van der Waals surface area contributed by atoms with Crippen LogP contribution in [0.15, 0.2) is 22.7 Å². The summed E-state index contributed by atoms with van der Waals surface area (Å²) in [6.07, 6.45) is 0.0700. The Morgan fingerprint density at radius 1 is 1.54 bits per heavy atom. The maximum absolute atomic E-state index is 5.55. The van der Waals surface area contributed by atoms with E-state index in [0.29, 0.717) is 6.54 Å². The van der Waals surface area contributed by atoms with Crippen molar-refractivity contribution in [3.63, 3.8) is 0 Å². The van der Waals surface area contributed by atoms with Crippen molar-refractivity contribution in [2.24, 2.45) is 5.73 Å². The molecule has 1 rings (SSSR count). The third-order valence-corrected chi connectivity index (χ3v) is 2.69. The fraction of sp³-hybridized carbons (Fsp3) is 0.400. The van der Waals surface area contributed by atoms with Gasteiger partial charge in [0.2, 0.25) is 0 Å². The predicted molar refractivity (Wildman–Crippen MR) is 58.0 cm³/mol. The zero-order chi connectivity index (χ0) is 9.84. The molecular weight excluding hydrogens is 230 g/mol. The normalized spacial score (nSPS) is 12.6. The Hall–Kier alpha value is -0.540. The Bertz CT molecular complexity index is 288. The number of benzene rings is 1. The molecule has 0 amide bonds. The summed E-state index contributed by atoms with van der Waals surface area (Å²) in [5, 5.41) is 0. The molecule has 2 N–H and O–H groups in total. The Morgan fingerprint density at radius 3 is 2.77 bits per heavy atom. The van der Waals surface area contributed by atoms with Crippen LogP contribution in [0.5, 0.6) is 5.75 Å². The van der Waals surface area contributed by atoms with Gasteiger partial charge in [0.1, 0.15) is 11.9 Å². The van der Waals surface area contributed by atoms with Crippen LogP contribution in [0.4, 0.5) is 0 Å². The second-order valence-corrected chi connectivity index (χ2v) is 3.93. The summed E-state index contributed by atoms with van der Waals surface area (Å²) in [5.41, 5.74) is 6.62. The van der Waals surface area contributed by atoms with Crippen molar-refractivity contribution in [2.75, 3.05) is 6.54 Å². The molecule has 13 heavy (non-hydrogen) atoms. The Kier molecular flexibility index (Phi) is 3.75. The summed E-state index contributed by atoms with van der Waals surface area (Å²) in [6, 6.07) is 5.91. The second-order valence-electron chi connectivity index (χ2n) is 3.08. The van der Waals surface area contributed by atoms with Gasteiger partial charge in [0.25, 0.3) is 0 Å². The zero-order valence-corrected chi connectivity index (χ0v) is 9.47. The van der Waals surface area contributed by atoms with E-state index in [4.69, 9.17) is 10.5 Å². The van der Waals surface area contributed by atoms with Gasteiger partial charge in [0, 0.05) is 11.0 Å². The summed E-state index contributed by atoms with van der Waals surface area (Å²) in [4.78, 5) is 0. The van der Waals surface area contributed by atoms with Crippen molar-refractivity contribution in [3.05, 3.63) is 28.2 Å². The second kappa shape index (κ2) is 4.63. The van der Waals surface area contributed by atoms with Gasteiger partial charge in [-0.05, 0) is 37.6 Å². The van der Waals surface area contributed by atoms with Gasteiger partial charge in [-0.1, -0.05) is 15.9 Å². The summed E-state index contributed by atoms with van der Waals surface area (Å²) in [5.74, 6) is 0.874. The maximum Gasteiger partial charge on any atom is 0.120 e. The van der Waals surface area contributed by atoms with Crippen molar-refractivity contribution >= 4 is 15.9 Å². The van der Waals surface area contributed by atoms with Crippen LogP contribution in [0.1, 0.15) is 12.5 Å². The lowest BCUT2D eigenvalue weighted by molar-refractivity contribution is 0.230. The molecule has 0 radical (unpaired) electrons. The molecule has 0 bridgehead atoms. The zero-order valence-electron chi connectivity index (χ0n) is 7.88. The highest BCUT2D eigenvalue weighted by Gasteiger charge is 2.02. The molecule has 2 nitrogen and oxygen atoms in total. The lowest BCUT2D eigenvalue weighted by Crippen LogP contribution is -2.22. The monoisotopic (exact) mass is 243 g/mol. The van der Waals surface area contributed by atoms with Crippen LogP contribution in [0.2, 0.25) is 0 Å². The first-order valence-corrected chi connectivity index (χ1v) is 5.05. The highest BCUT2D eigenvalue weighted by molar-refractivity contribution is 9.10. The molecule has 72 valence electrons. The van der Waals surface area contributed by atoms with E-state index in [2.05, 4.69) is 15.9 Å². The summed E-state index contributed by atoms with van der Waals surface area (Å²) in [6.45, 7) is 4.52. The van der Waals surface area contributed by atoms with Gasteiger partial charge >= 0.3 is 0 Å². The molecule has 3 heteroatoms. The highest BCUT2D eigenvalue weighted by Crippen LogP contribution is 2.22. The number of ether oxygens (including phenoxy) is 1. The standard InChI is InChI=1S/C10H14BrNO/c1-7-5-9(3-4-10(7)11)13-8(2)6-12/h3-5,8H,6,12H2,1-2H3. The van der Waals surface area contributed by atoms with E-state index in [1.807, 2.05) is 32.0 Å². The Balaban J connectivity index is 2.73. The molecule has 0 saturated heterocycles. The molecule has 0 saturated carbocycles. The van der Waals surface area contributed by atoms with Crippen molar-refractivity contribution in [1.82, 2.24) is 0 Å². The van der Waals surface area contributed by atoms with Crippen molar-refractivity contribution in [1.29, 1.82) is 0 Å². The first-order chi connectivity index (χ1) is 6.13. The molecule has 0 spiro atoms. The minimum absolute atomic E-state index is 0.0700. The lowest BCUT2D eigenvalue weighted by Gasteiger charge is -2.12. The number of aryl methyl sites for hydroxylation is 1. The predicted octanol–water partition coefficient (Wildman–Crippen LogP) is 2.48. The van der Waals surface area contributed by atoms with Crippen molar-refractivity contribution in [2.45, 2.75) is 20.0 Å². The van der Waals surface area contributed by atoms with Crippen LogP contribution in [-0.2, 0) is 0 Å². The minimum atomic E-state index is 0.0700. The van der Waals surface area contributed by atoms with E-state index >= 15 is 0 Å². The van der Waals surface area contributed by atoms with Crippen LogP contribution in [-0.4, -0.2) is 12.6 Å². The largest absolute Gasteiger partial charge is 0.489 e. The average molecular weight is 244 g/mol. The fourth-order valence-electron chi connectivity index (χ4n) is 0.971. The van der Waals surface area contributed by atoms with Gasteiger partial charge in [0.05, 0.1) is 0 Å². The smallest absolute Gasteiger partial charge is 0.120 e. The van der Waals surface area contributed by atoms with Crippen LogP contribution >= 0.6 is 15.9 Å². The highest BCUT2D eigenvalue weighted by atomic mass is 79.9. The average Bonchev–Trinajstić information content (AvgIpc) is 2.11. The van der Waals surface area contributed by atoms with Crippen molar-refractivity contribution < 1.29 is 4.74 Å². The van der Waals surface area contributed by atoms with Gasteiger partial charge in [-0.25, -0.2) is 0 Å². The summed E-state index contributed by atoms with van der Waals surface area (Å²) >= 11 is 3.43. The number of nitrogens with two attached hydrogens (primary N) is 1. The van der Waals surface area contributed by atoms with Gasteiger partial charge in [0.15, 0.2) is 0 Å². The van der Waals surface area contributed by atoms with Crippen LogP contribution in [0.3, 0.4) is 0 Å². The third kappa shape index (κ3) is 3.01. The molecule has 0 aliphatic heterocycles. The third-order valence-electron chi connectivity index (χ3n) is 1.80. The molecule has 0 aliphatic rings. The lowest BCUT2D eigenvalue weighted by atomic mass is 10.2. The SMILES string of the molecule is Cc1cc(OC(C)CN)ccc1Br. The van der Waals surface area contributed by atoms with E-state index in [0.717, 1.165) is 10.2 Å². The quantitative estimate of drug-likeness (QED) is 0.886. The van der Waals surface area contributed by atoms with Crippen LogP contribution in [0, 0.1) is 6.92 Å². The number of halogens is 1. The summed E-state index contributed by atoms with van der Waals surface area (Å²) in [7, 11) is 0. The molecule has 1 aromatic rings. The van der Waals surface area contributed by atoms with Gasteiger partial charge in [-0.3, -0.25) is 0 Å². The van der Waals surface area contributed by atoms with E-state index in [-0.39, 0.29) is 6.10 Å². The topological polar surface area (TPSA) is 35.2 Å². The van der Waals surface area contributed by atoms with Crippen LogP contribution < -0.4 is 10.5 Å². The van der Waals surface area contributed by atoms with Gasteiger partial charge in [-0.2, -0.15) is 0 Å². The van der Waals surface area contributed by atoms with Crippen LogP contribution in [0.25, 0.3) is 0 Å². The first-order valence-electron chi connectivity index (χ1n) is 4.26. The Labute approximate surface area is 87.2 Å². The van der Waals surface area contributed by atoms with Crippen molar-refractivity contribution in [3.8, 4) is 5.75 Å². The molecule has 1 aromatic carbocycles. The summed E-state index contributed by atoms with van der Waals surface area (Å²) < 4.78 is 6.65. The molecule has 1 unspecified atom stereocenters. The number of hydrogen-bond donors (Lipinski definition) is 1. The van der Waals surface area contributed by atoms with Gasteiger partial charge in [-0.15, -0.1) is 0 Å². The minimum Gasteiger partial charge on any atom is -0.489 e. The van der Waals surface area contributed by atoms with E-state index in [1.54, 1.807) is 0 Å². The van der Waals surface area contributed by atoms with E-state index < -0.39 is 0 Å². The fourth-order valence-corrected chi connectivity index (χ4v) is 1.22. The number of rotatable bonds is 3. The van der Waals surface area contributed by atoms with E-state index in [9.17, 15) is 0 Å². The molecule has 0 aliphatic carbocycles. The Morgan fingerprint density at radius 2 is 2.23 bits per heavy atom. The maximum atomic E-state index is 5.55. The molecule has 1 atom stereocenters. The molecule has 0 fully saturated rings. The number of hydrogen-bond acceptors (Lipinski definition) is 2. The van der Waals surface area contributed by atoms with Gasteiger partial charge < -0.3 is 10.5 Å². The molecule has 0 aromatic heterocycles. The van der Waals surface area contributed by atoms with E-state index in [1.165, 1.54) is 5.56 Å². The molecule has 0 heterocycles. The first kappa shape index (κ1) is 10.5.